The lowest BCUT2D eigenvalue weighted by molar-refractivity contribution is 0.0920. The molecule has 28 heavy (non-hydrogen) atoms. The fourth-order valence-corrected chi connectivity index (χ4v) is 3.14. The lowest BCUT2D eigenvalue weighted by atomic mass is 10.1. The number of hydrogen-bond acceptors (Lipinski definition) is 4. The van der Waals surface area contributed by atoms with Crippen molar-refractivity contribution in [2.75, 3.05) is 16.3 Å². The van der Waals surface area contributed by atoms with E-state index >= 15 is 0 Å². The molecule has 0 radical (unpaired) electrons. The predicted molar refractivity (Wildman–Crippen MR) is 111 cm³/mol. The Morgan fingerprint density at radius 3 is 2.14 bits per heavy atom. The normalized spacial score (nSPS) is 11.6. The average molecular weight is 404 g/mol. The second-order valence-electron chi connectivity index (χ2n) is 7.61. The molecule has 0 spiro atoms. The second-order valence-corrected chi connectivity index (χ2v) is 9.36. The molecule has 0 atom stereocenters. The molecule has 2 amide bonds. The van der Waals surface area contributed by atoms with Gasteiger partial charge in [0.05, 0.1) is 23.2 Å². The van der Waals surface area contributed by atoms with Crippen molar-refractivity contribution in [1.29, 1.82) is 0 Å². The highest BCUT2D eigenvalue weighted by molar-refractivity contribution is 7.92. The van der Waals surface area contributed by atoms with Gasteiger partial charge in [-0.1, -0.05) is 12.1 Å². The number of anilines is 2. The number of hydrogen-bond donors (Lipinski definition) is 3. The molecule has 0 aliphatic carbocycles. The van der Waals surface area contributed by atoms with E-state index in [2.05, 4.69) is 15.4 Å². The Kier molecular flexibility index (Phi) is 6.14. The summed E-state index contributed by atoms with van der Waals surface area (Å²) in [6.45, 7) is 7.33. The summed E-state index contributed by atoms with van der Waals surface area (Å²) in [5, 5.41) is 5.62. The Morgan fingerprint density at radius 2 is 1.57 bits per heavy atom. The molecule has 0 saturated carbocycles. The molecule has 0 bridgehead atoms. The van der Waals surface area contributed by atoms with E-state index in [-0.39, 0.29) is 5.91 Å². The first kappa shape index (κ1) is 21.4. The van der Waals surface area contributed by atoms with Crippen LogP contribution in [-0.4, -0.2) is 32.0 Å². The molecule has 0 aliphatic heterocycles. The number of sulfonamides is 1. The van der Waals surface area contributed by atoms with Crippen LogP contribution in [-0.2, 0) is 10.0 Å². The number of para-hydroxylation sites is 1. The first-order valence-electron chi connectivity index (χ1n) is 8.67. The highest BCUT2D eigenvalue weighted by atomic mass is 32.2. The standard InChI is InChI=1S/C20H25N3O4S/c1-13-12-14(10-11-16(13)23-28(5,26)27)18(24)21-17-9-7-6-8-15(17)19(25)22-20(2,3)4/h6-12,23H,1-5H3,(H,21,24)(H,22,25). The van der Waals surface area contributed by atoms with Gasteiger partial charge < -0.3 is 10.6 Å². The SMILES string of the molecule is Cc1cc(C(=O)Nc2ccccc2C(=O)NC(C)(C)C)ccc1NS(C)(=O)=O. The molecule has 0 saturated heterocycles. The molecular formula is C20H25N3O4S. The third-order valence-corrected chi connectivity index (χ3v) is 4.28. The van der Waals surface area contributed by atoms with Crippen molar-refractivity contribution in [3.63, 3.8) is 0 Å². The van der Waals surface area contributed by atoms with E-state index in [9.17, 15) is 18.0 Å². The van der Waals surface area contributed by atoms with Gasteiger partial charge in [-0.25, -0.2) is 8.42 Å². The van der Waals surface area contributed by atoms with Crippen molar-refractivity contribution in [2.24, 2.45) is 0 Å². The largest absolute Gasteiger partial charge is 0.347 e. The van der Waals surface area contributed by atoms with E-state index in [1.54, 1.807) is 37.3 Å². The van der Waals surface area contributed by atoms with Gasteiger partial charge in [0.15, 0.2) is 0 Å². The summed E-state index contributed by atoms with van der Waals surface area (Å²) in [5.74, 6) is -0.683. The average Bonchev–Trinajstić information content (AvgIpc) is 2.54. The number of amides is 2. The minimum atomic E-state index is -3.41. The van der Waals surface area contributed by atoms with Crippen LogP contribution in [0.5, 0.6) is 0 Å². The summed E-state index contributed by atoms with van der Waals surface area (Å²) in [4.78, 5) is 25.1. The monoisotopic (exact) mass is 403 g/mol. The Balaban J connectivity index is 2.24. The van der Waals surface area contributed by atoms with Crippen molar-refractivity contribution in [3.05, 3.63) is 59.2 Å². The molecule has 3 N–H and O–H groups in total. The lowest BCUT2D eigenvalue weighted by Crippen LogP contribution is -2.40. The summed E-state index contributed by atoms with van der Waals surface area (Å²) >= 11 is 0. The predicted octanol–water partition coefficient (Wildman–Crippen LogP) is 3.15. The molecule has 150 valence electrons. The van der Waals surface area contributed by atoms with Gasteiger partial charge in [0.25, 0.3) is 11.8 Å². The molecule has 7 nitrogen and oxygen atoms in total. The van der Waals surface area contributed by atoms with Crippen LogP contribution in [0.1, 0.15) is 47.1 Å². The van der Waals surface area contributed by atoms with Crippen molar-refractivity contribution in [2.45, 2.75) is 33.2 Å². The maximum atomic E-state index is 12.6. The quantitative estimate of drug-likeness (QED) is 0.713. The number of aryl methyl sites for hydroxylation is 1. The van der Waals surface area contributed by atoms with Crippen LogP contribution < -0.4 is 15.4 Å². The molecule has 8 heteroatoms. The van der Waals surface area contributed by atoms with Crippen molar-refractivity contribution in [1.82, 2.24) is 5.32 Å². The Bertz CT molecular complexity index is 1010. The van der Waals surface area contributed by atoms with Crippen LogP contribution in [0.3, 0.4) is 0 Å². The Morgan fingerprint density at radius 1 is 0.929 bits per heavy atom. The first-order valence-corrected chi connectivity index (χ1v) is 10.6. The van der Waals surface area contributed by atoms with Crippen LogP contribution in [0.4, 0.5) is 11.4 Å². The topological polar surface area (TPSA) is 104 Å². The van der Waals surface area contributed by atoms with Crippen LogP contribution in [0.15, 0.2) is 42.5 Å². The molecule has 0 aliphatic rings. The van der Waals surface area contributed by atoms with E-state index in [0.29, 0.717) is 28.1 Å². The summed E-state index contributed by atoms with van der Waals surface area (Å²) in [7, 11) is -3.41. The van der Waals surface area contributed by atoms with Gasteiger partial charge in [0.2, 0.25) is 10.0 Å². The van der Waals surface area contributed by atoms with Gasteiger partial charge >= 0.3 is 0 Å². The number of rotatable bonds is 5. The highest BCUT2D eigenvalue weighted by Crippen LogP contribution is 2.21. The lowest BCUT2D eigenvalue weighted by Gasteiger charge is -2.21. The van der Waals surface area contributed by atoms with E-state index < -0.39 is 21.5 Å². The molecule has 2 aromatic rings. The van der Waals surface area contributed by atoms with Gasteiger partial charge in [-0.15, -0.1) is 0 Å². The van der Waals surface area contributed by atoms with E-state index in [1.165, 1.54) is 12.1 Å². The summed E-state index contributed by atoms with van der Waals surface area (Å²) < 4.78 is 25.2. The molecule has 0 fully saturated rings. The van der Waals surface area contributed by atoms with E-state index in [0.717, 1.165) is 6.26 Å². The van der Waals surface area contributed by atoms with Gasteiger partial charge in [0, 0.05) is 11.1 Å². The van der Waals surface area contributed by atoms with Crippen molar-refractivity contribution in [3.8, 4) is 0 Å². The maximum absolute atomic E-state index is 12.6. The van der Waals surface area contributed by atoms with Gasteiger partial charge in [-0.3, -0.25) is 14.3 Å². The third kappa shape index (κ3) is 6.09. The highest BCUT2D eigenvalue weighted by Gasteiger charge is 2.19. The van der Waals surface area contributed by atoms with E-state index in [1.807, 2.05) is 20.8 Å². The first-order chi connectivity index (χ1) is 12.9. The van der Waals surface area contributed by atoms with Crippen molar-refractivity contribution < 1.29 is 18.0 Å². The van der Waals surface area contributed by atoms with Crippen LogP contribution in [0, 0.1) is 6.92 Å². The zero-order chi connectivity index (χ0) is 21.1. The van der Waals surface area contributed by atoms with Crippen LogP contribution in [0.25, 0.3) is 0 Å². The van der Waals surface area contributed by atoms with Gasteiger partial charge in [-0.05, 0) is 63.6 Å². The smallest absolute Gasteiger partial charge is 0.255 e. The summed E-state index contributed by atoms with van der Waals surface area (Å²) in [5.41, 5.74) is 1.71. The minimum absolute atomic E-state index is 0.285. The van der Waals surface area contributed by atoms with Crippen LogP contribution in [0.2, 0.25) is 0 Å². The molecule has 0 unspecified atom stereocenters. The minimum Gasteiger partial charge on any atom is -0.347 e. The number of benzene rings is 2. The molecule has 2 rings (SSSR count). The Labute approximate surface area is 165 Å². The van der Waals surface area contributed by atoms with Gasteiger partial charge in [0.1, 0.15) is 0 Å². The van der Waals surface area contributed by atoms with Crippen LogP contribution >= 0.6 is 0 Å². The Hall–Kier alpha value is -2.87. The maximum Gasteiger partial charge on any atom is 0.255 e. The number of carbonyl (C=O) groups excluding carboxylic acids is 2. The number of nitrogens with one attached hydrogen (secondary N) is 3. The molecular weight excluding hydrogens is 378 g/mol. The zero-order valence-electron chi connectivity index (χ0n) is 16.6. The third-order valence-electron chi connectivity index (χ3n) is 3.69. The summed E-state index contributed by atoms with van der Waals surface area (Å²) in [6, 6.07) is 11.4. The molecule has 2 aromatic carbocycles. The molecule has 0 aromatic heterocycles. The van der Waals surface area contributed by atoms with Crippen molar-refractivity contribution >= 4 is 33.2 Å². The second kappa shape index (κ2) is 8.02. The summed E-state index contributed by atoms with van der Waals surface area (Å²) in [6.07, 6.45) is 1.06. The van der Waals surface area contributed by atoms with E-state index in [4.69, 9.17) is 0 Å². The number of carbonyl (C=O) groups is 2. The fraction of sp³-hybridized carbons (Fsp3) is 0.300. The molecule has 0 heterocycles. The zero-order valence-corrected chi connectivity index (χ0v) is 17.4. The fourth-order valence-electron chi connectivity index (χ4n) is 2.51. The van der Waals surface area contributed by atoms with Gasteiger partial charge in [-0.2, -0.15) is 0 Å².